The number of anilines is 2. The van der Waals surface area contributed by atoms with Gasteiger partial charge in [0.1, 0.15) is 18.1 Å². The van der Waals surface area contributed by atoms with Gasteiger partial charge in [0, 0.05) is 18.0 Å². The van der Waals surface area contributed by atoms with E-state index in [1.165, 1.54) is 18.4 Å². The van der Waals surface area contributed by atoms with E-state index in [1.807, 2.05) is 18.2 Å². The Morgan fingerprint density at radius 3 is 2.71 bits per heavy atom. The zero-order valence-electron chi connectivity index (χ0n) is 17.3. The molecule has 2 aromatic heterocycles. The average Bonchev–Trinajstić information content (AvgIpc) is 3.19. The van der Waals surface area contributed by atoms with E-state index in [1.54, 1.807) is 29.7 Å². The third-order valence-corrected chi connectivity index (χ3v) is 5.82. The summed E-state index contributed by atoms with van der Waals surface area (Å²) in [6, 6.07) is 17.8. The number of aryl methyl sites for hydroxylation is 1. The SMILES string of the molecule is CCCCc1ccc(Nc2nc3cc(OCc4ccnc(C(N)=O)c4)ccc3s2)cc1. The van der Waals surface area contributed by atoms with Crippen LogP contribution in [0.3, 0.4) is 0 Å². The van der Waals surface area contributed by atoms with Crippen LogP contribution in [0.5, 0.6) is 5.75 Å². The molecule has 0 bridgehead atoms. The third kappa shape index (κ3) is 5.38. The van der Waals surface area contributed by atoms with Crippen LogP contribution in [0, 0.1) is 0 Å². The molecule has 158 valence electrons. The lowest BCUT2D eigenvalue weighted by Gasteiger charge is -2.06. The number of benzene rings is 2. The van der Waals surface area contributed by atoms with Crippen LogP contribution in [-0.2, 0) is 13.0 Å². The first-order valence-corrected chi connectivity index (χ1v) is 11.1. The van der Waals surface area contributed by atoms with Crippen molar-refractivity contribution in [1.82, 2.24) is 9.97 Å². The number of nitrogens with one attached hydrogen (secondary N) is 1. The number of amides is 1. The Balaban J connectivity index is 1.42. The second kappa shape index (κ2) is 9.57. The standard InChI is InChI=1S/C24H24N4O2S/c1-2-3-4-16-5-7-18(8-6-16)27-24-28-20-14-19(9-10-22(20)31-24)30-15-17-11-12-26-21(13-17)23(25)29/h5-14H,2-4,15H2,1H3,(H2,25,29)(H,27,28). The van der Waals surface area contributed by atoms with Crippen molar-refractivity contribution in [2.24, 2.45) is 5.73 Å². The maximum Gasteiger partial charge on any atom is 0.267 e. The average molecular weight is 433 g/mol. The highest BCUT2D eigenvalue weighted by Crippen LogP contribution is 2.31. The summed E-state index contributed by atoms with van der Waals surface area (Å²) in [5, 5.41) is 4.23. The molecule has 6 nitrogen and oxygen atoms in total. The van der Waals surface area contributed by atoms with E-state index in [9.17, 15) is 4.79 Å². The largest absolute Gasteiger partial charge is 0.489 e. The number of carbonyl (C=O) groups is 1. The molecule has 0 aliphatic rings. The van der Waals surface area contributed by atoms with Gasteiger partial charge in [0.2, 0.25) is 0 Å². The van der Waals surface area contributed by atoms with E-state index in [2.05, 4.69) is 46.5 Å². The van der Waals surface area contributed by atoms with Crippen LogP contribution in [0.15, 0.2) is 60.8 Å². The van der Waals surface area contributed by atoms with Gasteiger partial charge in [0.25, 0.3) is 5.91 Å². The molecule has 0 unspecified atom stereocenters. The topological polar surface area (TPSA) is 90.1 Å². The molecule has 31 heavy (non-hydrogen) atoms. The summed E-state index contributed by atoms with van der Waals surface area (Å²) in [6.45, 7) is 2.52. The van der Waals surface area contributed by atoms with E-state index < -0.39 is 5.91 Å². The van der Waals surface area contributed by atoms with Crippen LogP contribution in [0.1, 0.15) is 41.4 Å². The first-order valence-electron chi connectivity index (χ1n) is 10.2. The highest BCUT2D eigenvalue weighted by atomic mass is 32.1. The molecule has 1 amide bonds. The fourth-order valence-electron chi connectivity index (χ4n) is 3.18. The number of thiazole rings is 1. The number of nitrogens with two attached hydrogens (primary N) is 1. The number of hydrogen-bond acceptors (Lipinski definition) is 6. The van der Waals surface area contributed by atoms with Gasteiger partial charge in [-0.2, -0.15) is 0 Å². The summed E-state index contributed by atoms with van der Waals surface area (Å²) < 4.78 is 6.95. The maximum atomic E-state index is 11.3. The molecule has 4 rings (SSSR count). The number of carbonyl (C=O) groups excluding carboxylic acids is 1. The number of hydrogen-bond donors (Lipinski definition) is 2. The van der Waals surface area contributed by atoms with E-state index in [4.69, 9.17) is 10.5 Å². The third-order valence-electron chi connectivity index (χ3n) is 4.87. The van der Waals surface area contributed by atoms with Gasteiger partial charge in [0.05, 0.1) is 10.2 Å². The summed E-state index contributed by atoms with van der Waals surface area (Å²) in [6.07, 6.45) is 5.08. The van der Waals surface area contributed by atoms with Crippen molar-refractivity contribution in [2.75, 3.05) is 5.32 Å². The van der Waals surface area contributed by atoms with Crippen molar-refractivity contribution in [3.8, 4) is 5.75 Å². The predicted octanol–water partition coefficient (Wildman–Crippen LogP) is 5.46. The molecule has 0 radical (unpaired) electrons. The summed E-state index contributed by atoms with van der Waals surface area (Å²) in [5.74, 6) is 0.156. The van der Waals surface area contributed by atoms with E-state index >= 15 is 0 Å². The van der Waals surface area contributed by atoms with Gasteiger partial charge in [0.15, 0.2) is 5.13 Å². The number of primary amides is 1. The zero-order chi connectivity index (χ0) is 21.6. The van der Waals surface area contributed by atoms with Crippen LogP contribution < -0.4 is 15.8 Å². The fourth-order valence-corrected chi connectivity index (χ4v) is 4.04. The molecule has 0 saturated heterocycles. The van der Waals surface area contributed by atoms with Gasteiger partial charge in [-0.25, -0.2) is 4.98 Å². The number of nitrogens with zero attached hydrogens (tertiary/aromatic N) is 2. The number of aromatic nitrogens is 2. The molecule has 2 heterocycles. The van der Waals surface area contributed by atoms with Gasteiger partial charge in [-0.05, 0) is 60.4 Å². The summed E-state index contributed by atoms with van der Waals surface area (Å²) in [5.41, 5.74) is 9.59. The fraction of sp³-hybridized carbons (Fsp3) is 0.208. The first kappa shape index (κ1) is 20.8. The molecule has 3 N–H and O–H groups in total. The number of rotatable bonds is 9. The van der Waals surface area contributed by atoms with Crippen LogP contribution >= 0.6 is 11.3 Å². The lowest BCUT2D eigenvalue weighted by atomic mass is 10.1. The number of fused-ring (bicyclic) bond motifs is 1. The van der Waals surface area contributed by atoms with E-state index in [-0.39, 0.29) is 5.69 Å². The smallest absolute Gasteiger partial charge is 0.267 e. The highest BCUT2D eigenvalue weighted by molar-refractivity contribution is 7.22. The number of ether oxygens (including phenoxy) is 1. The Morgan fingerprint density at radius 1 is 1.10 bits per heavy atom. The second-order valence-electron chi connectivity index (χ2n) is 7.28. The van der Waals surface area contributed by atoms with Crippen molar-refractivity contribution in [3.05, 3.63) is 77.6 Å². The van der Waals surface area contributed by atoms with E-state index in [0.717, 1.165) is 33.0 Å². The minimum atomic E-state index is -0.554. The van der Waals surface area contributed by atoms with Gasteiger partial charge in [-0.15, -0.1) is 0 Å². The molecule has 7 heteroatoms. The predicted molar refractivity (Wildman–Crippen MR) is 125 cm³/mol. The maximum absolute atomic E-state index is 11.3. The first-order chi connectivity index (χ1) is 15.1. The van der Waals surface area contributed by atoms with Crippen molar-refractivity contribution in [2.45, 2.75) is 32.8 Å². The van der Waals surface area contributed by atoms with Crippen molar-refractivity contribution >= 4 is 38.3 Å². The van der Waals surface area contributed by atoms with Crippen LogP contribution in [-0.4, -0.2) is 15.9 Å². The molecule has 2 aromatic carbocycles. The van der Waals surface area contributed by atoms with Crippen molar-refractivity contribution < 1.29 is 9.53 Å². The normalized spacial score (nSPS) is 10.9. The summed E-state index contributed by atoms with van der Waals surface area (Å²) in [4.78, 5) is 19.9. The summed E-state index contributed by atoms with van der Waals surface area (Å²) in [7, 11) is 0. The lowest BCUT2D eigenvalue weighted by molar-refractivity contribution is 0.0995. The lowest BCUT2D eigenvalue weighted by Crippen LogP contribution is -2.13. The minimum absolute atomic E-state index is 0.227. The molecular weight excluding hydrogens is 408 g/mol. The number of unbranched alkanes of at least 4 members (excludes halogenated alkanes) is 1. The molecule has 4 aromatic rings. The number of pyridine rings is 1. The Bertz CT molecular complexity index is 1190. The Labute approximate surface area is 185 Å². The Kier molecular flexibility index (Phi) is 6.43. The van der Waals surface area contributed by atoms with Gasteiger partial charge in [-0.3, -0.25) is 9.78 Å². The Morgan fingerprint density at radius 2 is 1.94 bits per heavy atom. The molecule has 0 spiro atoms. The molecule has 0 aliphatic carbocycles. The zero-order valence-corrected chi connectivity index (χ0v) is 18.1. The van der Waals surface area contributed by atoms with Crippen LogP contribution in [0.25, 0.3) is 10.2 Å². The molecule has 0 aliphatic heterocycles. The minimum Gasteiger partial charge on any atom is -0.489 e. The van der Waals surface area contributed by atoms with Gasteiger partial charge < -0.3 is 15.8 Å². The second-order valence-corrected chi connectivity index (χ2v) is 8.31. The van der Waals surface area contributed by atoms with Crippen molar-refractivity contribution in [3.63, 3.8) is 0 Å². The van der Waals surface area contributed by atoms with E-state index in [0.29, 0.717) is 12.4 Å². The quantitative estimate of drug-likeness (QED) is 0.367. The monoisotopic (exact) mass is 432 g/mol. The van der Waals surface area contributed by atoms with Gasteiger partial charge in [-0.1, -0.05) is 36.8 Å². The summed E-state index contributed by atoms with van der Waals surface area (Å²) >= 11 is 1.60. The Hall–Kier alpha value is -3.45. The molecule has 0 atom stereocenters. The van der Waals surface area contributed by atoms with Crippen LogP contribution in [0.2, 0.25) is 0 Å². The van der Waals surface area contributed by atoms with Gasteiger partial charge >= 0.3 is 0 Å². The highest BCUT2D eigenvalue weighted by Gasteiger charge is 2.08. The molecule has 0 saturated carbocycles. The molecular formula is C24H24N4O2S. The molecule has 0 fully saturated rings. The van der Waals surface area contributed by atoms with Crippen LogP contribution in [0.4, 0.5) is 10.8 Å². The van der Waals surface area contributed by atoms with Crippen molar-refractivity contribution in [1.29, 1.82) is 0 Å².